The smallest absolute Gasteiger partial charge is 0.410 e. The monoisotopic (exact) mass is 1080 g/mol. The summed E-state index contributed by atoms with van der Waals surface area (Å²) in [7, 11) is -0.544. The fourth-order valence-electron chi connectivity index (χ4n) is 10.2. The molecule has 2 amide bonds. The standard InChI is InChI=1S/C57H71ClN8O7S2/c1-56(2,3)73-55(68)65-31-26-57(27-32-65)24-29-62(30-25-57)39-42-11-21-51(43-12-16-46(58)17-13-43)45(37-42)40-63-33-35-64(36-34-63)48-18-14-44(15-19-48)54(67)60-75(71,72)50-20-22-52(53(38-50)66(69)70)59-47(23-28-61(4)5)41-74-49-9-7-6-8-10-49/h6-22,37-38,47,59H,23-36,39-41H2,1-5H3,(H,60,67)/t47-/m1/s1. The molecule has 1 spiro atoms. The summed E-state index contributed by atoms with van der Waals surface area (Å²) in [5, 5.41) is 16.3. The number of likely N-dealkylation sites (tertiary alicyclic amines) is 2. The van der Waals surface area contributed by atoms with E-state index in [0.717, 1.165) is 120 Å². The molecule has 3 aliphatic heterocycles. The molecule has 3 fully saturated rings. The number of hydrogen-bond donors (Lipinski definition) is 2. The van der Waals surface area contributed by atoms with Crippen LogP contribution in [0.15, 0.2) is 125 Å². The number of amides is 2. The molecule has 8 rings (SSSR count). The number of halogens is 1. The Kier molecular flexibility index (Phi) is 18.2. The number of rotatable bonds is 18. The molecule has 1 atom stereocenters. The zero-order chi connectivity index (χ0) is 53.3. The van der Waals surface area contributed by atoms with Crippen molar-refractivity contribution in [2.75, 3.05) is 89.0 Å². The molecule has 0 unspecified atom stereocenters. The number of carbonyl (C=O) groups is 2. The number of nitro groups is 1. The fraction of sp³-hybridized carbons (Fsp3) is 0.439. The highest BCUT2D eigenvalue weighted by atomic mass is 35.5. The van der Waals surface area contributed by atoms with E-state index in [9.17, 15) is 28.1 Å². The van der Waals surface area contributed by atoms with Crippen LogP contribution >= 0.6 is 23.4 Å². The van der Waals surface area contributed by atoms with Crippen molar-refractivity contribution < 1.29 is 27.7 Å². The number of ether oxygens (including phenoxy) is 1. The lowest BCUT2D eigenvalue weighted by Gasteiger charge is -2.47. The van der Waals surface area contributed by atoms with Gasteiger partial charge in [0.05, 0.1) is 9.82 Å². The SMILES string of the molecule is CN(C)CC[C@H](CSc1ccccc1)Nc1ccc(S(=O)(=O)NC(=O)c2ccc(N3CCN(Cc4cc(CN5CCC6(CC5)CCN(C(=O)OC(C)(C)C)CC6)ccc4-c4ccc(Cl)cc4)CC3)cc2)cc1[N+](=O)[O-]. The van der Waals surface area contributed by atoms with Crippen molar-refractivity contribution >= 4 is 62.4 Å². The molecular formula is C57H71ClN8O7S2. The third-order valence-electron chi connectivity index (χ3n) is 14.6. The number of piperidine rings is 2. The van der Waals surface area contributed by atoms with Crippen LogP contribution in [-0.2, 0) is 27.8 Å². The minimum absolute atomic E-state index is 0.146. The molecule has 75 heavy (non-hydrogen) atoms. The largest absolute Gasteiger partial charge is 0.444 e. The highest BCUT2D eigenvalue weighted by Crippen LogP contribution is 2.42. The lowest BCUT2D eigenvalue weighted by molar-refractivity contribution is -0.384. The van der Waals surface area contributed by atoms with Crippen LogP contribution in [0.3, 0.4) is 0 Å². The van der Waals surface area contributed by atoms with E-state index in [2.05, 4.69) is 55.1 Å². The first-order valence-electron chi connectivity index (χ1n) is 25.9. The number of nitrogens with zero attached hydrogens (tertiary/aromatic N) is 6. The van der Waals surface area contributed by atoms with Gasteiger partial charge in [-0.15, -0.1) is 11.8 Å². The van der Waals surface area contributed by atoms with Crippen LogP contribution in [0.5, 0.6) is 0 Å². The summed E-state index contributed by atoms with van der Waals surface area (Å²) in [6.45, 7) is 14.8. The highest BCUT2D eigenvalue weighted by molar-refractivity contribution is 7.99. The maximum atomic E-state index is 13.5. The number of nitro benzene ring substituents is 1. The van der Waals surface area contributed by atoms with Gasteiger partial charge in [0, 0.05) is 91.4 Å². The Morgan fingerprint density at radius 3 is 2.11 bits per heavy atom. The molecule has 3 heterocycles. The van der Waals surface area contributed by atoms with Crippen LogP contribution in [-0.4, -0.2) is 135 Å². The van der Waals surface area contributed by atoms with Crippen molar-refractivity contribution in [2.45, 2.75) is 87.4 Å². The molecule has 15 nitrogen and oxygen atoms in total. The summed E-state index contributed by atoms with van der Waals surface area (Å²) < 4.78 is 34.9. The van der Waals surface area contributed by atoms with Crippen molar-refractivity contribution in [1.82, 2.24) is 24.3 Å². The van der Waals surface area contributed by atoms with Gasteiger partial charge in [0.25, 0.3) is 21.6 Å². The molecule has 3 aliphatic rings. The molecule has 0 bridgehead atoms. The summed E-state index contributed by atoms with van der Waals surface area (Å²) in [5.74, 6) is -0.204. The first kappa shape index (κ1) is 55.5. The van der Waals surface area contributed by atoms with Crippen molar-refractivity contribution in [2.24, 2.45) is 5.41 Å². The number of benzene rings is 5. The number of carbonyl (C=O) groups excluding carboxylic acids is 2. The number of nitrogens with one attached hydrogen (secondary N) is 2. The molecule has 2 N–H and O–H groups in total. The second-order valence-corrected chi connectivity index (χ2v) is 24.7. The van der Waals surface area contributed by atoms with Gasteiger partial charge in [0.1, 0.15) is 11.3 Å². The first-order valence-corrected chi connectivity index (χ1v) is 28.8. The molecule has 400 valence electrons. The van der Waals surface area contributed by atoms with Crippen molar-refractivity contribution in [3.05, 3.63) is 147 Å². The third kappa shape index (κ3) is 15.3. The van der Waals surface area contributed by atoms with E-state index < -0.39 is 32.1 Å². The van der Waals surface area contributed by atoms with Crippen molar-refractivity contribution in [3.63, 3.8) is 0 Å². The molecule has 0 aliphatic carbocycles. The molecule has 5 aromatic rings. The van der Waals surface area contributed by atoms with E-state index in [1.54, 1.807) is 23.9 Å². The molecule has 18 heteroatoms. The van der Waals surface area contributed by atoms with Gasteiger partial charge in [0.2, 0.25) is 0 Å². The Balaban J connectivity index is 0.856. The Bertz CT molecular complexity index is 2860. The Labute approximate surface area is 452 Å². The zero-order valence-corrected chi connectivity index (χ0v) is 46.2. The second kappa shape index (κ2) is 24.5. The number of anilines is 2. The van der Waals surface area contributed by atoms with Gasteiger partial charge in [0.15, 0.2) is 0 Å². The Morgan fingerprint density at radius 1 is 0.813 bits per heavy atom. The van der Waals surface area contributed by atoms with E-state index in [1.807, 2.05) is 99.3 Å². The van der Waals surface area contributed by atoms with Gasteiger partial charge < -0.3 is 24.8 Å². The van der Waals surface area contributed by atoms with Crippen molar-refractivity contribution in [1.29, 1.82) is 0 Å². The van der Waals surface area contributed by atoms with Gasteiger partial charge in [-0.25, -0.2) is 17.9 Å². The van der Waals surface area contributed by atoms with Gasteiger partial charge in [-0.2, -0.15) is 0 Å². The van der Waals surface area contributed by atoms with E-state index in [4.69, 9.17) is 16.3 Å². The molecule has 5 aromatic carbocycles. The first-order chi connectivity index (χ1) is 35.8. The van der Waals surface area contributed by atoms with Gasteiger partial charge in [-0.1, -0.05) is 60.1 Å². The van der Waals surface area contributed by atoms with Gasteiger partial charge in [-0.3, -0.25) is 24.7 Å². The quantitative estimate of drug-likeness (QED) is 0.0485. The summed E-state index contributed by atoms with van der Waals surface area (Å²) in [4.78, 5) is 49.7. The second-order valence-electron chi connectivity index (χ2n) is 21.5. The lowest BCUT2D eigenvalue weighted by atomic mass is 9.71. The summed E-state index contributed by atoms with van der Waals surface area (Å²) >= 11 is 7.95. The third-order valence-corrected chi connectivity index (χ3v) is 17.3. The van der Waals surface area contributed by atoms with Crippen LogP contribution in [0.25, 0.3) is 11.1 Å². The van der Waals surface area contributed by atoms with Crippen LogP contribution in [0, 0.1) is 15.5 Å². The minimum atomic E-state index is -4.47. The number of thioether (sulfide) groups is 1. The Hall–Kier alpha value is -5.69. The van der Waals surface area contributed by atoms with Crippen LogP contribution in [0.1, 0.15) is 74.4 Å². The van der Waals surface area contributed by atoms with Gasteiger partial charge >= 0.3 is 6.09 Å². The average molecular weight is 1080 g/mol. The normalized spacial score (nSPS) is 16.9. The molecular weight excluding hydrogens is 1010 g/mol. The Morgan fingerprint density at radius 2 is 1.47 bits per heavy atom. The predicted octanol–water partition coefficient (Wildman–Crippen LogP) is 10.5. The number of sulfonamides is 1. The van der Waals surface area contributed by atoms with E-state index in [1.165, 1.54) is 28.8 Å². The van der Waals surface area contributed by atoms with E-state index in [-0.39, 0.29) is 33.7 Å². The maximum absolute atomic E-state index is 13.5. The molecule has 0 radical (unpaired) electrons. The summed E-state index contributed by atoms with van der Waals surface area (Å²) in [6, 6.07) is 35.1. The zero-order valence-electron chi connectivity index (χ0n) is 43.8. The number of hydrogen-bond acceptors (Lipinski definition) is 13. The number of piperazine rings is 1. The lowest BCUT2D eigenvalue weighted by Crippen LogP contribution is -2.49. The van der Waals surface area contributed by atoms with Crippen LogP contribution < -0.4 is 14.9 Å². The topological polar surface area (TPSA) is 161 Å². The molecule has 0 aromatic heterocycles. The summed E-state index contributed by atoms with van der Waals surface area (Å²) in [5.41, 5.74) is 5.50. The molecule has 3 saturated heterocycles. The fourth-order valence-corrected chi connectivity index (χ4v) is 12.3. The minimum Gasteiger partial charge on any atom is -0.444 e. The van der Waals surface area contributed by atoms with E-state index in [0.29, 0.717) is 17.2 Å². The van der Waals surface area contributed by atoms with Crippen LogP contribution in [0.2, 0.25) is 5.02 Å². The van der Waals surface area contributed by atoms with Crippen molar-refractivity contribution in [3.8, 4) is 11.1 Å². The van der Waals surface area contributed by atoms with E-state index >= 15 is 0 Å². The maximum Gasteiger partial charge on any atom is 0.410 e. The molecule has 0 saturated carbocycles. The average Bonchev–Trinajstić information content (AvgIpc) is 3.38. The highest BCUT2D eigenvalue weighted by Gasteiger charge is 2.39. The summed E-state index contributed by atoms with van der Waals surface area (Å²) in [6.07, 6.45) is 4.78. The predicted molar refractivity (Wildman–Crippen MR) is 300 cm³/mol. The van der Waals surface area contributed by atoms with Crippen LogP contribution in [0.4, 0.5) is 21.9 Å². The van der Waals surface area contributed by atoms with Gasteiger partial charge in [-0.05, 0) is 175 Å².